The van der Waals surface area contributed by atoms with Gasteiger partial charge in [0.1, 0.15) is 11.5 Å². The van der Waals surface area contributed by atoms with Crippen LogP contribution in [0.5, 0.6) is 0 Å². The van der Waals surface area contributed by atoms with E-state index >= 15 is 0 Å². The lowest BCUT2D eigenvalue weighted by molar-refractivity contribution is 0.615. The number of rotatable bonds is 0. The minimum atomic E-state index is -0.275. The number of nitrogens with zero attached hydrogens (tertiary/aromatic N) is 1. The fourth-order valence-electron chi connectivity index (χ4n) is 1.19. The van der Waals surface area contributed by atoms with Gasteiger partial charge < -0.3 is 4.98 Å². The summed E-state index contributed by atoms with van der Waals surface area (Å²) in [6, 6.07) is 0. The van der Waals surface area contributed by atoms with E-state index in [4.69, 9.17) is 0 Å². The Morgan fingerprint density at radius 3 is 3.08 bits per heavy atom. The summed E-state index contributed by atoms with van der Waals surface area (Å²) in [5, 5.41) is 0.815. The van der Waals surface area contributed by atoms with Crippen molar-refractivity contribution in [2.75, 3.05) is 0 Å². The molecule has 0 aliphatic carbocycles. The van der Waals surface area contributed by atoms with Crippen LogP contribution < -0.4 is 0 Å². The molecule has 2 nitrogen and oxygen atoms in total. The monoisotopic (exact) mass is 228 g/mol. The van der Waals surface area contributed by atoms with Crippen LogP contribution in [0.3, 0.4) is 0 Å². The zero-order valence-electron chi connectivity index (χ0n) is 6.36. The van der Waals surface area contributed by atoms with Crippen molar-refractivity contribution in [2.24, 2.45) is 0 Å². The quantitative estimate of drug-likeness (QED) is 0.739. The number of nitrogens with one attached hydrogen (secondary N) is 1. The van der Waals surface area contributed by atoms with Crippen LogP contribution in [-0.4, -0.2) is 9.97 Å². The number of fused-ring (bicyclic) bond motifs is 1. The number of aromatic nitrogens is 2. The number of pyridine rings is 1. The molecule has 12 heavy (non-hydrogen) atoms. The Kier molecular flexibility index (Phi) is 1.65. The molecule has 2 aromatic heterocycles. The van der Waals surface area contributed by atoms with Gasteiger partial charge in [0.15, 0.2) is 0 Å². The van der Waals surface area contributed by atoms with E-state index in [9.17, 15) is 4.39 Å². The van der Waals surface area contributed by atoms with Gasteiger partial charge in [0.25, 0.3) is 0 Å². The van der Waals surface area contributed by atoms with Crippen LogP contribution in [0, 0.1) is 12.7 Å². The molecule has 0 unspecified atom stereocenters. The first kappa shape index (κ1) is 7.73. The van der Waals surface area contributed by atoms with E-state index in [0.29, 0.717) is 11.2 Å². The summed E-state index contributed by atoms with van der Waals surface area (Å²) in [7, 11) is 0. The van der Waals surface area contributed by atoms with Crippen molar-refractivity contribution in [3.8, 4) is 0 Å². The zero-order valence-corrected chi connectivity index (χ0v) is 7.94. The highest BCUT2D eigenvalue weighted by atomic mass is 79.9. The van der Waals surface area contributed by atoms with Crippen LogP contribution in [0.25, 0.3) is 11.0 Å². The number of halogens is 2. The minimum absolute atomic E-state index is 0.275. The van der Waals surface area contributed by atoms with Crippen LogP contribution in [0.15, 0.2) is 16.9 Å². The number of H-pyrrole nitrogens is 1. The standard InChI is InChI=1S/C8H6BrFN2/c1-4-6(10)3-12-8-7(4)5(9)2-11-8/h2-3H,1H3,(H,11,12). The fourth-order valence-corrected chi connectivity index (χ4v) is 1.78. The first-order chi connectivity index (χ1) is 5.70. The van der Waals surface area contributed by atoms with Gasteiger partial charge in [-0.3, -0.25) is 0 Å². The molecule has 2 rings (SSSR count). The van der Waals surface area contributed by atoms with Crippen LogP contribution in [-0.2, 0) is 0 Å². The molecule has 0 saturated carbocycles. The number of aromatic amines is 1. The van der Waals surface area contributed by atoms with Crippen LogP contribution in [0.2, 0.25) is 0 Å². The van der Waals surface area contributed by atoms with Crippen molar-refractivity contribution >= 4 is 27.0 Å². The van der Waals surface area contributed by atoms with Gasteiger partial charge in [-0.15, -0.1) is 0 Å². The van der Waals surface area contributed by atoms with E-state index < -0.39 is 0 Å². The summed E-state index contributed by atoms with van der Waals surface area (Å²) in [5.74, 6) is -0.275. The first-order valence-electron chi connectivity index (χ1n) is 3.48. The van der Waals surface area contributed by atoms with Crippen LogP contribution in [0.4, 0.5) is 4.39 Å². The third kappa shape index (κ3) is 0.948. The maximum absolute atomic E-state index is 13.0. The second-order valence-corrected chi connectivity index (χ2v) is 3.45. The average Bonchev–Trinajstić information content (AvgIpc) is 2.41. The number of aryl methyl sites for hydroxylation is 1. The maximum Gasteiger partial charge on any atom is 0.145 e. The highest BCUT2D eigenvalue weighted by Crippen LogP contribution is 2.26. The Hall–Kier alpha value is -0.900. The smallest absolute Gasteiger partial charge is 0.145 e. The van der Waals surface area contributed by atoms with E-state index in [2.05, 4.69) is 25.9 Å². The lowest BCUT2D eigenvalue weighted by Gasteiger charge is -1.96. The molecule has 2 aromatic rings. The Balaban J connectivity index is 2.96. The van der Waals surface area contributed by atoms with E-state index in [-0.39, 0.29) is 5.82 Å². The summed E-state index contributed by atoms with van der Waals surface area (Å²) in [4.78, 5) is 6.83. The van der Waals surface area contributed by atoms with Crippen molar-refractivity contribution in [2.45, 2.75) is 6.92 Å². The Labute approximate surface area is 76.9 Å². The highest BCUT2D eigenvalue weighted by molar-refractivity contribution is 9.10. The van der Waals surface area contributed by atoms with E-state index in [1.54, 1.807) is 13.1 Å². The molecule has 4 heteroatoms. The molecule has 0 saturated heterocycles. The largest absolute Gasteiger partial charge is 0.345 e. The summed E-state index contributed by atoms with van der Waals surface area (Å²) in [6.45, 7) is 1.73. The minimum Gasteiger partial charge on any atom is -0.345 e. The molecule has 0 atom stereocenters. The SMILES string of the molecule is Cc1c(F)cnc2[nH]cc(Br)c12. The molecule has 62 valence electrons. The molecular weight excluding hydrogens is 223 g/mol. The van der Waals surface area contributed by atoms with Gasteiger partial charge >= 0.3 is 0 Å². The van der Waals surface area contributed by atoms with Gasteiger partial charge in [-0.05, 0) is 28.4 Å². The molecule has 2 heterocycles. The second kappa shape index (κ2) is 2.55. The van der Waals surface area contributed by atoms with Gasteiger partial charge in [-0.2, -0.15) is 0 Å². The lowest BCUT2D eigenvalue weighted by atomic mass is 10.2. The zero-order chi connectivity index (χ0) is 8.72. The third-order valence-electron chi connectivity index (χ3n) is 1.85. The molecule has 0 bridgehead atoms. The van der Waals surface area contributed by atoms with Gasteiger partial charge in [-0.1, -0.05) is 0 Å². The molecule has 0 aliphatic heterocycles. The topological polar surface area (TPSA) is 28.7 Å². The predicted octanol–water partition coefficient (Wildman–Crippen LogP) is 2.77. The normalized spacial score (nSPS) is 10.9. The van der Waals surface area contributed by atoms with E-state index in [1.807, 2.05) is 0 Å². The number of hydrogen-bond donors (Lipinski definition) is 1. The Morgan fingerprint density at radius 2 is 2.33 bits per heavy atom. The van der Waals surface area contributed by atoms with Crippen LogP contribution in [0.1, 0.15) is 5.56 Å². The van der Waals surface area contributed by atoms with Gasteiger partial charge in [0.2, 0.25) is 0 Å². The average molecular weight is 229 g/mol. The molecule has 0 aliphatic rings. The van der Waals surface area contributed by atoms with E-state index in [0.717, 1.165) is 9.86 Å². The maximum atomic E-state index is 13.0. The van der Waals surface area contributed by atoms with Crippen molar-refractivity contribution in [1.82, 2.24) is 9.97 Å². The molecule has 0 aromatic carbocycles. The summed E-state index contributed by atoms with van der Waals surface area (Å²) >= 11 is 3.31. The molecule has 0 amide bonds. The van der Waals surface area contributed by atoms with Crippen molar-refractivity contribution in [3.63, 3.8) is 0 Å². The molecule has 1 N–H and O–H groups in total. The summed E-state index contributed by atoms with van der Waals surface area (Å²) < 4.78 is 13.9. The van der Waals surface area contributed by atoms with Gasteiger partial charge in [0.05, 0.1) is 6.20 Å². The van der Waals surface area contributed by atoms with Gasteiger partial charge in [0, 0.05) is 16.1 Å². The summed E-state index contributed by atoms with van der Waals surface area (Å²) in [5.41, 5.74) is 1.33. The molecule has 0 spiro atoms. The molecule has 0 fully saturated rings. The van der Waals surface area contributed by atoms with Crippen LogP contribution >= 0.6 is 15.9 Å². The molecule has 0 radical (unpaired) electrons. The van der Waals surface area contributed by atoms with Crippen molar-refractivity contribution in [1.29, 1.82) is 0 Å². The van der Waals surface area contributed by atoms with Crippen molar-refractivity contribution in [3.05, 3.63) is 28.2 Å². The number of hydrogen-bond acceptors (Lipinski definition) is 1. The second-order valence-electron chi connectivity index (χ2n) is 2.59. The van der Waals surface area contributed by atoms with Crippen molar-refractivity contribution < 1.29 is 4.39 Å². The highest BCUT2D eigenvalue weighted by Gasteiger charge is 2.08. The lowest BCUT2D eigenvalue weighted by Crippen LogP contribution is -1.86. The predicted molar refractivity (Wildman–Crippen MR) is 48.5 cm³/mol. The fraction of sp³-hybridized carbons (Fsp3) is 0.125. The Bertz CT molecular complexity index is 436. The molecular formula is C8H6BrFN2. The first-order valence-corrected chi connectivity index (χ1v) is 4.27. The Morgan fingerprint density at radius 1 is 1.58 bits per heavy atom. The summed E-state index contributed by atoms with van der Waals surface area (Å²) in [6.07, 6.45) is 2.98. The third-order valence-corrected chi connectivity index (χ3v) is 2.48. The van der Waals surface area contributed by atoms with Gasteiger partial charge in [-0.25, -0.2) is 9.37 Å². The van der Waals surface area contributed by atoms with E-state index in [1.165, 1.54) is 6.20 Å².